The molecule has 0 amide bonds. The van der Waals surface area contributed by atoms with Crippen LogP contribution in [0.2, 0.25) is 0 Å². The number of hydrogen-bond acceptors (Lipinski definition) is 4. The minimum absolute atomic E-state index is 0.367. The van der Waals surface area contributed by atoms with Gasteiger partial charge >= 0.3 is 0 Å². The Hall–Kier alpha value is -1.73. The number of nitriles is 1. The average molecular weight is 248 g/mol. The van der Waals surface area contributed by atoms with E-state index in [-0.39, 0.29) is 6.04 Å². The summed E-state index contributed by atoms with van der Waals surface area (Å²) in [5, 5.41) is 12.5. The second kappa shape index (κ2) is 6.87. The quantitative estimate of drug-likeness (QED) is 0.840. The number of nitrogens with one attached hydrogen (secondary N) is 1. The topological polar surface area (TPSA) is 54.3 Å². The van der Waals surface area contributed by atoms with E-state index < -0.39 is 0 Å². The van der Waals surface area contributed by atoms with Gasteiger partial charge in [-0.25, -0.2) is 0 Å². The SMILES string of the molecule is COc1ccc(C(C#N)NCC(C)C)c(OC)c1. The van der Waals surface area contributed by atoms with Gasteiger partial charge in [0.25, 0.3) is 0 Å². The molecule has 1 aromatic carbocycles. The lowest BCUT2D eigenvalue weighted by Crippen LogP contribution is -2.24. The van der Waals surface area contributed by atoms with Crippen molar-refractivity contribution in [3.63, 3.8) is 0 Å². The van der Waals surface area contributed by atoms with Crippen LogP contribution in [0.25, 0.3) is 0 Å². The summed E-state index contributed by atoms with van der Waals surface area (Å²) in [6.45, 7) is 4.99. The van der Waals surface area contributed by atoms with Crippen molar-refractivity contribution in [1.82, 2.24) is 5.32 Å². The van der Waals surface area contributed by atoms with Gasteiger partial charge in [-0.05, 0) is 24.6 Å². The van der Waals surface area contributed by atoms with Crippen molar-refractivity contribution < 1.29 is 9.47 Å². The van der Waals surface area contributed by atoms with Crippen molar-refractivity contribution in [3.05, 3.63) is 23.8 Å². The Kier molecular flexibility index (Phi) is 5.47. The predicted molar refractivity (Wildman–Crippen MR) is 70.7 cm³/mol. The molecule has 0 heterocycles. The van der Waals surface area contributed by atoms with Crippen LogP contribution in [0.4, 0.5) is 0 Å². The van der Waals surface area contributed by atoms with Crippen LogP contribution < -0.4 is 14.8 Å². The number of hydrogen-bond donors (Lipinski definition) is 1. The van der Waals surface area contributed by atoms with Gasteiger partial charge in [0.15, 0.2) is 0 Å². The van der Waals surface area contributed by atoms with Gasteiger partial charge in [-0.2, -0.15) is 5.26 Å². The third kappa shape index (κ3) is 3.64. The van der Waals surface area contributed by atoms with E-state index in [1.165, 1.54) is 0 Å². The maximum Gasteiger partial charge on any atom is 0.128 e. The van der Waals surface area contributed by atoms with Gasteiger partial charge in [0.05, 0.1) is 20.3 Å². The molecule has 0 bridgehead atoms. The number of ether oxygens (including phenoxy) is 2. The molecule has 1 N–H and O–H groups in total. The molecule has 18 heavy (non-hydrogen) atoms. The summed E-state index contributed by atoms with van der Waals surface area (Å²) in [6, 6.07) is 7.37. The van der Waals surface area contributed by atoms with Crippen molar-refractivity contribution in [2.75, 3.05) is 20.8 Å². The van der Waals surface area contributed by atoms with E-state index in [1.54, 1.807) is 20.3 Å². The minimum atomic E-state index is -0.367. The highest BCUT2D eigenvalue weighted by atomic mass is 16.5. The van der Waals surface area contributed by atoms with Crippen molar-refractivity contribution in [1.29, 1.82) is 5.26 Å². The van der Waals surface area contributed by atoms with Crippen molar-refractivity contribution in [2.24, 2.45) is 5.92 Å². The molecule has 0 aliphatic heterocycles. The van der Waals surface area contributed by atoms with Crippen LogP contribution in [0, 0.1) is 17.2 Å². The van der Waals surface area contributed by atoms with Crippen molar-refractivity contribution >= 4 is 0 Å². The van der Waals surface area contributed by atoms with Gasteiger partial charge in [0, 0.05) is 11.6 Å². The predicted octanol–water partition coefficient (Wildman–Crippen LogP) is 2.51. The standard InChI is InChI=1S/C14H20N2O2/c1-10(2)9-16-13(8-15)12-6-5-11(17-3)7-14(12)18-4/h5-7,10,13,16H,9H2,1-4H3. The van der Waals surface area contributed by atoms with Crippen LogP contribution in [0.15, 0.2) is 18.2 Å². The van der Waals surface area contributed by atoms with Gasteiger partial charge in [-0.15, -0.1) is 0 Å². The Morgan fingerprint density at radius 2 is 2.00 bits per heavy atom. The summed E-state index contributed by atoms with van der Waals surface area (Å²) >= 11 is 0. The van der Waals surface area contributed by atoms with Gasteiger partial charge in [-0.3, -0.25) is 5.32 Å². The van der Waals surface area contributed by atoms with Crippen LogP contribution in [0.1, 0.15) is 25.5 Å². The fourth-order valence-corrected chi connectivity index (χ4v) is 1.64. The van der Waals surface area contributed by atoms with Crippen molar-refractivity contribution in [3.8, 4) is 17.6 Å². The largest absolute Gasteiger partial charge is 0.497 e. The summed E-state index contributed by atoms with van der Waals surface area (Å²) in [4.78, 5) is 0. The van der Waals surface area contributed by atoms with Gasteiger partial charge in [-0.1, -0.05) is 13.8 Å². The molecular formula is C14H20N2O2. The second-order valence-electron chi connectivity index (χ2n) is 4.47. The molecule has 0 spiro atoms. The molecule has 0 saturated heterocycles. The highest BCUT2D eigenvalue weighted by Crippen LogP contribution is 2.29. The first-order valence-electron chi connectivity index (χ1n) is 5.97. The fraction of sp³-hybridized carbons (Fsp3) is 0.500. The molecule has 0 fully saturated rings. The molecule has 1 unspecified atom stereocenters. The van der Waals surface area contributed by atoms with Gasteiger partial charge < -0.3 is 9.47 Å². The Morgan fingerprint density at radius 3 is 2.50 bits per heavy atom. The molecule has 0 aromatic heterocycles. The third-order valence-corrected chi connectivity index (χ3v) is 2.61. The Bertz CT molecular complexity index is 424. The van der Waals surface area contributed by atoms with Gasteiger partial charge in [0.1, 0.15) is 17.5 Å². The average Bonchev–Trinajstić information content (AvgIpc) is 2.39. The first-order valence-corrected chi connectivity index (χ1v) is 5.97. The van der Waals surface area contributed by atoms with Crippen LogP contribution in [-0.2, 0) is 0 Å². The van der Waals surface area contributed by atoms with E-state index in [0.717, 1.165) is 17.9 Å². The number of methoxy groups -OCH3 is 2. The summed E-state index contributed by atoms with van der Waals surface area (Å²) in [5.74, 6) is 1.87. The maximum atomic E-state index is 9.24. The van der Waals surface area contributed by atoms with Crippen LogP contribution >= 0.6 is 0 Å². The molecule has 0 radical (unpaired) electrons. The monoisotopic (exact) mass is 248 g/mol. The number of rotatable bonds is 6. The van der Waals surface area contributed by atoms with E-state index in [2.05, 4.69) is 25.2 Å². The van der Waals surface area contributed by atoms with Gasteiger partial charge in [0.2, 0.25) is 0 Å². The molecule has 0 aliphatic rings. The summed E-state index contributed by atoms with van der Waals surface area (Å²) in [5.41, 5.74) is 0.835. The maximum absolute atomic E-state index is 9.24. The van der Waals surface area contributed by atoms with E-state index in [0.29, 0.717) is 11.7 Å². The zero-order chi connectivity index (χ0) is 13.5. The van der Waals surface area contributed by atoms with E-state index >= 15 is 0 Å². The Morgan fingerprint density at radius 1 is 1.28 bits per heavy atom. The molecule has 1 rings (SSSR count). The highest BCUT2D eigenvalue weighted by Gasteiger charge is 2.16. The zero-order valence-electron chi connectivity index (χ0n) is 11.4. The first-order chi connectivity index (χ1) is 8.62. The molecule has 1 atom stereocenters. The van der Waals surface area contributed by atoms with Crippen LogP contribution in [-0.4, -0.2) is 20.8 Å². The number of nitrogens with zero attached hydrogens (tertiary/aromatic N) is 1. The molecule has 0 aliphatic carbocycles. The zero-order valence-corrected chi connectivity index (χ0v) is 11.4. The number of benzene rings is 1. The minimum Gasteiger partial charge on any atom is -0.497 e. The van der Waals surface area contributed by atoms with E-state index in [1.807, 2.05) is 12.1 Å². The molecule has 1 aromatic rings. The molecule has 0 saturated carbocycles. The van der Waals surface area contributed by atoms with Crippen LogP contribution in [0.3, 0.4) is 0 Å². The summed E-state index contributed by atoms with van der Waals surface area (Å²) in [7, 11) is 3.20. The molecule has 4 heteroatoms. The van der Waals surface area contributed by atoms with Crippen LogP contribution in [0.5, 0.6) is 11.5 Å². The lowest BCUT2D eigenvalue weighted by molar-refractivity contribution is 0.387. The second-order valence-corrected chi connectivity index (χ2v) is 4.47. The first kappa shape index (κ1) is 14.3. The fourth-order valence-electron chi connectivity index (χ4n) is 1.64. The third-order valence-electron chi connectivity index (χ3n) is 2.61. The normalized spacial score (nSPS) is 12.0. The lowest BCUT2D eigenvalue weighted by atomic mass is 10.1. The Balaban J connectivity index is 2.95. The van der Waals surface area contributed by atoms with E-state index in [4.69, 9.17) is 9.47 Å². The molecule has 4 nitrogen and oxygen atoms in total. The Labute approximate surface area is 109 Å². The van der Waals surface area contributed by atoms with E-state index in [9.17, 15) is 5.26 Å². The smallest absolute Gasteiger partial charge is 0.128 e. The summed E-state index contributed by atoms with van der Waals surface area (Å²) < 4.78 is 10.4. The summed E-state index contributed by atoms with van der Waals surface area (Å²) in [6.07, 6.45) is 0. The highest BCUT2D eigenvalue weighted by molar-refractivity contribution is 5.44. The van der Waals surface area contributed by atoms with Crippen molar-refractivity contribution in [2.45, 2.75) is 19.9 Å². The lowest BCUT2D eigenvalue weighted by Gasteiger charge is -2.17. The molecular weight excluding hydrogens is 228 g/mol. The molecule has 98 valence electrons.